The largest absolute Gasteiger partial charge is 0.349 e. The van der Waals surface area contributed by atoms with Crippen molar-refractivity contribution in [2.75, 3.05) is 6.54 Å². The molecule has 1 heterocycles. The first-order valence-electron chi connectivity index (χ1n) is 6.51. The van der Waals surface area contributed by atoms with E-state index in [4.69, 9.17) is 5.73 Å². The number of amides is 1. The summed E-state index contributed by atoms with van der Waals surface area (Å²) in [6, 6.07) is 6.21. The van der Waals surface area contributed by atoms with Crippen LogP contribution in [0.1, 0.15) is 22.4 Å². The minimum absolute atomic E-state index is 0.0173. The third-order valence-corrected chi connectivity index (χ3v) is 3.20. The zero-order valence-electron chi connectivity index (χ0n) is 11.8. The van der Waals surface area contributed by atoms with Gasteiger partial charge in [0.05, 0.1) is 25.8 Å². The molecule has 2 aromatic rings. The molecule has 1 aromatic carbocycles. The van der Waals surface area contributed by atoms with Crippen LogP contribution in [-0.4, -0.2) is 27.4 Å². The van der Waals surface area contributed by atoms with Crippen LogP contribution >= 0.6 is 0 Å². The number of carbonyl (C=O) groups is 1. The molecule has 0 aliphatic carbocycles. The number of rotatable bonds is 5. The van der Waals surface area contributed by atoms with Crippen molar-refractivity contribution in [2.24, 2.45) is 5.73 Å². The van der Waals surface area contributed by atoms with Crippen molar-refractivity contribution in [3.05, 3.63) is 46.8 Å². The van der Waals surface area contributed by atoms with E-state index in [0.29, 0.717) is 13.1 Å². The molecule has 0 aliphatic heterocycles. The Kier molecular flexibility index (Phi) is 4.47. The highest BCUT2D eigenvalue weighted by atomic mass is 16.1. The second-order valence-corrected chi connectivity index (χ2v) is 4.76. The van der Waals surface area contributed by atoms with E-state index < -0.39 is 0 Å². The van der Waals surface area contributed by atoms with Gasteiger partial charge in [0.1, 0.15) is 5.69 Å². The molecule has 2 rings (SSSR count). The van der Waals surface area contributed by atoms with Gasteiger partial charge in [0.25, 0.3) is 0 Å². The molecule has 0 saturated carbocycles. The van der Waals surface area contributed by atoms with E-state index in [9.17, 15) is 4.79 Å². The molecule has 3 N–H and O–H groups in total. The summed E-state index contributed by atoms with van der Waals surface area (Å²) in [5, 5.41) is 10.8. The van der Waals surface area contributed by atoms with E-state index in [0.717, 1.165) is 5.69 Å². The van der Waals surface area contributed by atoms with Crippen LogP contribution in [0.2, 0.25) is 0 Å². The topological polar surface area (TPSA) is 85.8 Å². The van der Waals surface area contributed by atoms with Crippen LogP contribution in [-0.2, 0) is 17.9 Å². The maximum absolute atomic E-state index is 11.1. The molecule has 0 spiro atoms. The van der Waals surface area contributed by atoms with Gasteiger partial charge >= 0.3 is 0 Å². The normalized spacial score (nSPS) is 10.6. The highest BCUT2D eigenvalue weighted by Crippen LogP contribution is 2.14. The lowest BCUT2D eigenvalue weighted by Gasteiger charge is -2.08. The molecule has 6 heteroatoms. The highest BCUT2D eigenvalue weighted by molar-refractivity contribution is 5.77. The SMILES string of the molecule is Cc1cccc(C)c1Cn1cc(CNC(=O)CN)nn1. The predicted molar refractivity (Wildman–Crippen MR) is 75.9 cm³/mol. The first-order chi connectivity index (χ1) is 9.60. The van der Waals surface area contributed by atoms with E-state index in [-0.39, 0.29) is 12.5 Å². The van der Waals surface area contributed by atoms with Gasteiger partial charge in [-0.15, -0.1) is 5.10 Å². The number of hydrogen-bond acceptors (Lipinski definition) is 4. The molecular formula is C14H19N5O. The summed E-state index contributed by atoms with van der Waals surface area (Å²) in [5.41, 5.74) is 9.66. The van der Waals surface area contributed by atoms with E-state index in [1.165, 1.54) is 16.7 Å². The molecule has 20 heavy (non-hydrogen) atoms. The van der Waals surface area contributed by atoms with Gasteiger partial charge in [-0.25, -0.2) is 4.68 Å². The van der Waals surface area contributed by atoms with Crippen molar-refractivity contribution < 1.29 is 4.79 Å². The maximum Gasteiger partial charge on any atom is 0.234 e. The minimum atomic E-state index is -0.200. The lowest BCUT2D eigenvalue weighted by atomic mass is 10.0. The first-order valence-corrected chi connectivity index (χ1v) is 6.51. The molecule has 6 nitrogen and oxygen atoms in total. The standard InChI is InChI=1S/C14H19N5O/c1-10-4-3-5-11(2)13(10)9-19-8-12(17-18-19)7-16-14(20)6-15/h3-5,8H,6-7,9,15H2,1-2H3,(H,16,20). The van der Waals surface area contributed by atoms with E-state index in [1.54, 1.807) is 4.68 Å². The summed E-state index contributed by atoms with van der Waals surface area (Å²) < 4.78 is 1.78. The third-order valence-electron chi connectivity index (χ3n) is 3.20. The van der Waals surface area contributed by atoms with Crippen LogP contribution in [0.25, 0.3) is 0 Å². The number of nitrogens with one attached hydrogen (secondary N) is 1. The lowest BCUT2D eigenvalue weighted by Crippen LogP contribution is -2.29. The predicted octanol–water partition coefficient (Wildman–Crippen LogP) is 0.518. The molecule has 0 unspecified atom stereocenters. The van der Waals surface area contributed by atoms with Gasteiger partial charge in [-0.05, 0) is 30.5 Å². The molecule has 0 saturated heterocycles. The Bertz CT molecular complexity index is 585. The zero-order valence-corrected chi connectivity index (χ0v) is 11.8. The van der Waals surface area contributed by atoms with Gasteiger partial charge in [-0.1, -0.05) is 23.4 Å². The Balaban J connectivity index is 2.04. The second-order valence-electron chi connectivity index (χ2n) is 4.76. The summed E-state index contributed by atoms with van der Waals surface area (Å²) >= 11 is 0. The van der Waals surface area contributed by atoms with Gasteiger partial charge in [-0.3, -0.25) is 4.79 Å². The van der Waals surface area contributed by atoms with E-state index >= 15 is 0 Å². The molecule has 0 bridgehead atoms. The molecule has 0 atom stereocenters. The maximum atomic E-state index is 11.1. The number of hydrogen-bond donors (Lipinski definition) is 2. The number of aromatic nitrogens is 3. The van der Waals surface area contributed by atoms with Crippen LogP contribution in [0.5, 0.6) is 0 Å². The highest BCUT2D eigenvalue weighted by Gasteiger charge is 2.06. The fourth-order valence-electron chi connectivity index (χ4n) is 2.02. The Morgan fingerprint density at radius 2 is 2.05 bits per heavy atom. The van der Waals surface area contributed by atoms with Gasteiger partial charge in [0, 0.05) is 0 Å². The van der Waals surface area contributed by atoms with Crippen LogP contribution in [0.3, 0.4) is 0 Å². The zero-order chi connectivity index (χ0) is 14.5. The summed E-state index contributed by atoms with van der Waals surface area (Å²) in [6.07, 6.45) is 1.84. The Labute approximate surface area is 118 Å². The summed E-state index contributed by atoms with van der Waals surface area (Å²) in [5.74, 6) is -0.200. The van der Waals surface area contributed by atoms with Crippen molar-refractivity contribution in [3.8, 4) is 0 Å². The number of nitrogens with two attached hydrogens (primary N) is 1. The van der Waals surface area contributed by atoms with Crippen molar-refractivity contribution in [3.63, 3.8) is 0 Å². The van der Waals surface area contributed by atoms with Crippen LogP contribution in [0.15, 0.2) is 24.4 Å². The number of nitrogens with zero attached hydrogens (tertiary/aromatic N) is 3. The quantitative estimate of drug-likeness (QED) is 0.831. The monoisotopic (exact) mass is 273 g/mol. The Morgan fingerprint density at radius 3 is 2.70 bits per heavy atom. The van der Waals surface area contributed by atoms with Crippen LogP contribution < -0.4 is 11.1 Å². The Morgan fingerprint density at radius 1 is 1.35 bits per heavy atom. The summed E-state index contributed by atoms with van der Waals surface area (Å²) in [4.78, 5) is 11.1. The van der Waals surface area contributed by atoms with Crippen LogP contribution in [0, 0.1) is 13.8 Å². The van der Waals surface area contributed by atoms with Gasteiger partial charge < -0.3 is 11.1 Å². The van der Waals surface area contributed by atoms with Crippen LogP contribution in [0.4, 0.5) is 0 Å². The van der Waals surface area contributed by atoms with E-state index in [2.05, 4.69) is 41.6 Å². The molecule has 106 valence electrons. The second kappa shape index (κ2) is 6.29. The average Bonchev–Trinajstić information content (AvgIpc) is 2.88. The third kappa shape index (κ3) is 3.42. The number of aryl methyl sites for hydroxylation is 2. The number of benzene rings is 1. The smallest absolute Gasteiger partial charge is 0.234 e. The van der Waals surface area contributed by atoms with Crippen molar-refractivity contribution in [1.82, 2.24) is 20.3 Å². The van der Waals surface area contributed by atoms with Gasteiger partial charge in [-0.2, -0.15) is 0 Å². The molecular weight excluding hydrogens is 254 g/mol. The molecule has 0 radical (unpaired) electrons. The van der Waals surface area contributed by atoms with Crippen molar-refractivity contribution in [1.29, 1.82) is 0 Å². The average molecular weight is 273 g/mol. The van der Waals surface area contributed by atoms with Crippen molar-refractivity contribution >= 4 is 5.91 Å². The van der Waals surface area contributed by atoms with Gasteiger partial charge in [0.2, 0.25) is 5.91 Å². The summed E-state index contributed by atoms with van der Waals surface area (Å²) in [6.45, 7) is 5.18. The Hall–Kier alpha value is -2.21. The molecule has 1 aromatic heterocycles. The van der Waals surface area contributed by atoms with Gasteiger partial charge in [0.15, 0.2) is 0 Å². The number of carbonyl (C=O) groups excluding carboxylic acids is 1. The van der Waals surface area contributed by atoms with Crippen molar-refractivity contribution in [2.45, 2.75) is 26.9 Å². The fourth-order valence-corrected chi connectivity index (χ4v) is 2.02. The molecule has 0 fully saturated rings. The molecule has 0 aliphatic rings. The van der Waals surface area contributed by atoms with E-state index in [1.807, 2.05) is 12.3 Å². The lowest BCUT2D eigenvalue weighted by molar-refractivity contribution is -0.119. The first kappa shape index (κ1) is 14.2. The fraction of sp³-hybridized carbons (Fsp3) is 0.357. The molecule has 1 amide bonds. The minimum Gasteiger partial charge on any atom is -0.349 e. The summed E-state index contributed by atoms with van der Waals surface area (Å²) in [7, 11) is 0.